The Balaban J connectivity index is 2.57. The van der Waals surface area contributed by atoms with E-state index in [1.165, 1.54) is 0 Å². The maximum atomic E-state index is 4.05. The van der Waals surface area contributed by atoms with Gasteiger partial charge in [-0.2, -0.15) is 0 Å². The van der Waals surface area contributed by atoms with Gasteiger partial charge >= 0.3 is 0 Å². The SMILES string of the molecule is CC(C)CNCCC(C)(C)c1c(Br)nnn1C. The van der Waals surface area contributed by atoms with Crippen LogP contribution in [0.1, 0.15) is 39.8 Å². The van der Waals surface area contributed by atoms with Crippen molar-refractivity contribution in [2.24, 2.45) is 13.0 Å². The van der Waals surface area contributed by atoms with Gasteiger partial charge in [0.2, 0.25) is 0 Å². The minimum atomic E-state index is 0.0705. The molecule has 1 aromatic rings. The molecule has 4 nitrogen and oxygen atoms in total. The molecule has 0 radical (unpaired) electrons. The van der Waals surface area contributed by atoms with Crippen molar-refractivity contribution < 1.29 is 0 Å². The quantitative estimate of drug-likeness (QED) is 0.821. The van der Waals surface area contributed by atoms with E-state index in [2.05, 4.69) is 59.3 Å². The van der Waals surface area contributed by atoms with Gasteiger partial charge in [0.25, 0.3) is 0 Å². The molecule has 1 N–H and O–H groups in total. The summed E-state index contributed by atoms with van der Waals surface area (Å²) in [5.74, 6) is 0.697. The molecule has 0 spiro atoms. The third-order valence-electron chi connectivity index (χ3n) is 2.91. The van der Waals surface area contributed by atoms with E-state index in [0.717, 1.165) is 29.8 Å². The van der Waals surface area contributed by atoms with Gasteiger partial charge in [0, 0.05) is 12.5 Å². The number of nitrogens with zero attached hydrogens (tertiary/aromatic N) is 3. The first-order valence-corrected chi connectivity index (χ1v) is 6.90. The number of hydrogen-bond donors (Lipinski definition) is 1. The van der Waals surface area contributed by atoms with Gasteiger partial charge in [-0.05, 0) is 41.4 Å². The molecular formula is C12H23BrN4. The molecule has 0 bridgehead atoms. The average molecular weight is 303 g/mol. The first kappa shape index (κ1) is 14.6. The van der Waals surface area contributed by atoms with Crippen LogP contribution in [0.3, 0.4) is 0 Å². The van der Waals surface area contributed by atoms with Gasteiger partial charge in [-0.3, -0.25) is 4.68 Å². The summed E-state index contributed by atoms with van der Waals surface area (Å²) in [4.78, 5) is 0. The van der Waals surface area contributed by atoms with E-state index in [1.54, 1.807) is 0 Å². The molecule has 0 unspecified atom stereocenters. The highest BCUT2D eigenvalue weighted by Crippen LogP contribution is 2.30. The highest BCUT2D eigenvalue weighted by Gasteiger charge is 2.27. The van der Waals surface area contributed by atoms with Gasteiger partial charge in [-0.15, -0.1) is 5.10 Å². The third-order valence-corrected chi connectivity index (χ3v) is 3.44. The molecule has 1 rings (SSSR count). The molecule has 0 atom stereocenters. The first-order valence-electron chi connectivity index (χ1n) is 6.11. The van der Waals surface area contributed by atoms with Crippen LogP contribution in [-0.2, 0) is 12.5 Å². The normalized spacial score (nSPS) is 12.4. The number of hydrogen-bond acceptors (Lipinski definition) is 3. The minimum absolute atomic E-state index is 0.0705. The van der Waals surface area contributed by atoms with Gasteiger partial charge in [0.1, 0.15) is 0 Å². The van der Waals surface area contributed by atoms with Crippen LogP contribution in [0.2, 0.25) is 0 Å². The number of nitrogens with one attached hydrogen (secondary N) is 1. The first-order chi connectivity index (χ1) is 7.84. The second-order valence-electron chi connectivity index (χ2n) is 5.58. The molecule has 0 saturated heterocycles. The number of aromatic nitrogens is 3. The van der Waals surface area contributed by atoms with E-state index < -0.39 is 0 Å². The lowest BCUT2D eigenvalue weighted by Gasteiger charge is -2.25. The van der Waals surface area contributed by atoms with Crippen molar-refractivity contribution in [3.63, 3.8) is 0 Å². The second kappa shape index (κ2) is 5.96. The van der Waals surface area contributed by atoms with E-state index >= 15 is 0 Å². The monoisotopic (exact) mass is 302 g/mol. The van der Waals surface area contributed by atoms with Crippen LogP contribution in [0.25, 0.3) is 0 Å². The molecule has 0 aliphatic rings. The van der Waals surface area contributed by atoms with Crippen LogP contribution < -0.4 is 5.32 Å². The maximum Gasteiger partial charge on any atom is 0.152 e. The molecule has 17 heavy (non-hydrogen) atoms. The Hall–Kier alpha value is -0.420. The summed E-state index contributed by atoms with van der Waals surface area (Å²) < 4.78 is 2.71. The third kappa shape index (κ3) is 4.07. The lowest BCUT2D eigenvalue weighted by Crippen LogP contribution is -2.29. The number of rotatable bonds is 6. The zero-order valence-corrected chi connectivity index (χ0v) is 13.0. The standard InChI is InChI=1S/C12H23BrN4/c1-9(2)8-14-7-6-12(3,4)10-11(13)15-16-17(10)5/h9,14H,6-8H2,1-5H3. The average Bonchev–Trinajstić information content (AvgIpc) is 2.53. The molecular weight excluding hydrogens is 280 g/mol. The molecule has 0 aromatic carbocycles. The summed E-state index contributed by atoms with van der Waals surface area (Å²) in [5, 5.41) is 11.6. The van der Waals surface area contributed by atoms with Crippen molar-refractivity contribution in [2.45, 2.75) is 39.5 Å². The summed E-state index contributed by atoms with van der Waals surface area (Å²) in [6.07, 6.45) is 1.07. The molecule has 0 fully saturated rings. The van der Waals surface area contributed by atoms with Gasteiger partial charge in [0.05, 0.1) is 5.69 Å². The van der Waals surface area contributed by atoms with Crippen LogP contribution in [0.4, 0.5) is 0 Å². The molecule has 0 aliphatic heterocycles. The highest BCUT2D eigenvalue weighted by molar-refractivity contribution is 9.10. The smallest absolute Gasteiger partial charge is 0.152 e. The van der Waals surface area contributed by atoms with Crippen molar-refractivity contribution in [2.75, 3.05) is 13.1 Å². The van der Waals surface area contributed by atoms with Gasteiger partial charge in [-0.1, -0.05) is 32.9 Å². The lowest BCUT2D eigenvalue weighted by molar-refractivity contribution is 0.415. The summed E-state index contributed by atoms with van der Waals surface area (Å²) >= 11 is 3.47. The molecule has 0 aliphatic carbocycles. The Morgan fingerprint density at radius 1 is 1.41 bits per heavy atom. The Kier molecular flexibility index (Phi) is 5.13. The minimum Gasteiger partial charge on any atom is -0.316 e. The van der Waals surface area contributed by atoms with Crippen LogP contribution in [0.15, 0.2) is 4.60 Å². The van der Waals surface area contributed by atoms with Crippen molar-refractivity contribution in [3.8, 4) is 0 Å². The molecule has 5 heteroatoms. The van der Waals surface area contributed by atoms with E-state index in [9.17, 15) is 0 Å². The fourth-order valence-electron chi connectivity index (χ4n) is 1.96. The van der Waals surface area contributed by atoms with E-state index in [0.29, 0.717) is 5.92 Å². The van der Waals surface area contributed by atoms with Gasteiger partial charge in [0.15, 0.2) is 4.60 Å². The molecule has 1 heterocycles. The summed E-state index contributed by atoms with van der Waals surface area (Å²) in [7, 11) is 1.94. The van der Waals surface area contributed by atoms with E-state index in [1.807, 2.05) is 11.7 Å². The van der Waals surface area contributed by atoms with E-state index in [4.69, 9.17) is 0 Å². The summed E-state index contributed by atoms with van der Waals surface area (Å²) in [5.41, 5.74) is 1.23. The zero-order valence-electron chi connectivity index (χ0n) is 11.4. The number of aryl methyl sites for hydroxylation is 1. The van der Waals surface area contributed by atoms with Crippen LogP contribution in [0.5, 0.6) is 0 Å². The van der Waals surface area contributed by atoms with Crippen LogP contribution in [-0.4, -0.2) is 28.1 Å². The molecule has 0 saturated carbocycles. The lowest BCUT2D eigenvalue weighted by atomic mass is 9.86. The van der Waals surface area contributed by atoms with Gasteiger partial charge < -0.3 is 5.32 Å². The predicted octanol–water partition coefficient (Wildman–Crippen LogP) is 2.49. The molecule has 0 amide bonds. The van der Waals surface area contributed by atoms with Crippen LogP contribution >= 0.6 is 15.9 Å². The Labute approximate surface area is 112 Å². The zero-order chi connectivity index (χ0) is 13.1. The Morgan fingerprint density at radius 2 is 2.06 bits per heavy atom. The van der Waals surface area contributed by atoms with Crippen molar-refractivity contribution in [1.29, 1.82) is 0 Å². The van der Waals surface area contributed by atoms with E-state index in [-0.39, 0.29) is 5.41 Å². The van der Waals surface area contributed by atoms with Gasteiger partial charge in [-0.25, -0.2) is 0 Å². The summed E-state index contributed by atoms with van der Waals surface area (Å²) in [6, 6.07) is 0. The fourth-order valence-corrected chi connectivity index (χ4v) is 2.82. The maximum absolute atomic E-state index is 4.05. The van der Waals surface area contributed by atoms with Crippen molar-refractivity contribution in [1.82, 2.24) is 20.3 Å². The highest BCUT2D eigenvalue weighted by atomic mass is 79.9. The molecule has 1 aromatic heterocycles. The molecule has 98 valence electrons. The summed E-state index contributed by atoms with van der Waals surface area (Å²) in [6.45, 7) is 11.0. The largest absolute Gasteiger partial charge is 0.316 e. The second-order valence-corrected chi connectivity index (χ2v) is 6.34. The Bertz CT molecular complexity index is 338. The van der Waals surface area contributed by atoms with Crippen LogP contribution in [0, 0.1) is 5.92 Å². The predicted molar refractivity (Wildman–Crippen MR) is 74.1 cm³/mol. The number of halogens is 1. The van der Waals surface area contributed by atoms with Crippen molar-refractivity contribution in [3.05, 3.63) is 10.3 Å². The fraction of sp³-hybridized carbons (Fsp3) is 0.833. The Morgan fingerprint density at radius 3 is 2.53 bits per heavy atom. The van der Waals surface area contributed by atoms with Crippen molar-refractivity contribution >= 4 is 15.9 Å². The topological polar surface area (TPSA) is 42.7 Å².